The van der Waals surface area contributed by atoms with Crippen molar-refractivity contribution in [3.05, 3.63) is 59.8 Å². The number of carbonyl (C=O) groups is 1. The monoisotopic (exact) mass is 582 g/mol. The van der Waals surface area contributed by atoms with Crippen molar-refractivity contribution in [3.8, 4) is 16.9 Å². The highest BCUT2D eigenvalue weighted by atomic mass is 16.5. The van der Waals surface area contributed by atoms with Crippen molar-refractivity contribution < 1.29 is 9.53 Å². The zero-order valence-electron chi connectivity index (χ0n) is 27.6. The van der Waals surface area contributed by atoms with Crippen LogP contribution in [0.1, 0.15) is 90.6 Å². The molecule has 230 valence electrons. The number of carbonyl (C=O) groups excluding carboxylic acids is 1. The van der Waals surface area contributed by atoms with Gasteiger partial charge in [-0.05, 0) is 97.5 Å². The third kappa shape index (κ3) is 6.04. The molecule has 6 heteroatoms. The van der Waals surface area contributed by atoms with Gasteiger partial charge in [0.1, 0.15) is 11.4 Å². The summed E-state index contributed by atoms with van der Waals surface area (Å²) in [6.45, 7) is 23.5. The number of aryl methyl sites for hydroxylation is 1. The van der Waals surface area contributed by atoms with E-state index in [0.29, 0.717) is 18.2 Å². The van der Waals surface area contributed by atoms with Crippen LogP contribution in [0.4, 0.5) is 0 Å². The fourth-order valence-electron chi connectivity index (χ4n) is 6.86. The highest BCUT2D eigenvalue weighted by molar-refractivity contribution is 6.15. The first kappa shape index (κ1) is 31.1. The predicted octanol–water partition coefficient (Wildman–Crippen LogP) is 8.53. The molecular weight excluding hydrogens is 532 g/mol. The van der Waals surface area contributed by atoms with Gasteiger partial charge in [-0.25, -0.2) is 4.98 Å². The minimum atomic E-state index is -0.00729. The van der Waals surface area contributed by atoms with E-state index in [4.69, 9.17) is 9.72 Å². The Labute approximate surface area is 257 Å². The predicted molar refractivity (Wildman–Crippen MR) is 179 cm³/mol. The van der Waals surface area contributed by atoms with Gasteiger partial charge in [0.15, 0.2) is 0 Å². The first-order valence-corrected chi connectivity index (χ1v) is 15.9. The van der Waals surface area contributed by atoms with Gasteiger partial charge in [0.25, 0.3) is 5.91 Å². The van der Waals surface area contributed by atoms with Crippen molar-refractivity contribution in [3.63, 3.8) is 0 Å². The Kier molecular flexibility index (Phi) is 8.38. The molecule has 2 aromatic carbocycles. The average Bonchev–Trinajstić information content (AvgIpc) is 3.69. The van der Waals surface area contributed by atoms with E-state index in [-0.39, 0.29) is 22.3 Å². The Morgan fingerprint density at radius 2 is 1.77 bits per heavy atom. The van der Waals surface area contributed by atoms with Crippen LogP contribution < -0.4 is 10.1 Å². The van der Waals surface area contributed by atoms with Crippen LogP contribution in [0.25, 0.3) is 33.1 Å². The number of nitrogens with one attached hydrogen (secondary N) is 2. The molecule has 0 saturated heterocycles. The number of pyridine rings is 1. The van der Waals surface area contributed by atoms with E-state index in [9.17, 15) is 4.79 Å². The van der Waals surface area contributed by atoms with Gasteiger partial charge in [0.05, 0.1) is 12.1 Å². The van der Waals surface area contributed by atoms with Crippen molar-refractivity contribution in [2.45, 2.75) is 93.2 Å². The van der Waals surface area contributed by atoms with Crippen LogP contribution in [0.2, 0.25) is 0 Å². The summed E-state index contributed by atoms with van der Waals surface area (Å²) in [6, 6.07) is 14.6. The molecule has 0 atom stereocenters. The number of fused-ring (bicyclic) bond motifs is 3. The molecular formula is C37H50N4O2. The molecule has 6 nitrogen and oxygen atoms in total. The third-order valence-corrected chi connectivity index (χ3v) is 9.82. The molecule has 0 unspecified atom stereocenters. The van der Waals surface area contributed by atoms with E-state index >= 15 is 0 Å². The maximum absolute atomic E-state index is 12.8. The Morgan fingerprint density at radius 1 is 1.05 bits per heavy atom. The highest BCUT2D eigenvalue weighted by Gasteiger charge is 2.50. The molecule has 4 aromatic rings. The van der Waals surface area contributed by atoms with Crippen molar-refractivity contribution in [2.75, 3.05) is 19.7 Å². The smallest absolute Gasteiger partial charge is 0.251 e. The summed E-state index contributed by atoms with van der Waals surface area (Å²) in [5.41, 5.74) is 5.90. The summed E-state index contributed by atoms with van der Waals surface area (Å²) in [5, 5.41) is 5.25. The van der Waals surface area contributed by atoms with Gasteiger partial charge in [-0.3, -0.25) is 9.69 Å². The molecule has 0 spiro atoms. The quantitative estimate of drug-likeness (QED) is 0.184. The van der Waals surface area contributed by atoms with Crippen molar-refractivity contribution >= 4 is 27.8 Å². The molecule has 2 N–H and O–H groups in total. The lowest BCUT2D eigenvalue weighted by Crippen LogP contribution is -2.62. The summed E-state index contributed by atoms with van der Waals surface area (Å²) in [7, 11) is 0. The lowest BCUT2D eigenvalue weighted by atomic mass is 9.60. The van der Waals surface area contributed by atoms with E-state index < -0.39 is 0 Å². The largest absolute Gasteiger partial charge is 0.491 e. The van der Waals surface area contributed by atoms with Crippen molar-refractivity contribution in [1.82, 2.24) is 20.2 Å². The van der Waals surface area contributed by atoms with Crippen LogP contribution in [0, 0.1) is 17.8 Å². The second-order valence-electron chi connectivity index (χ2n) is 14.6. The van der Waals surface area contributed by atoms with Gasteiger partial charge >= 0.3 is 0 Å². The number of nitrogens with zero attached hydrogens (tertiary/aromatic N) is 2. The Hall–Kier alpha value is -3.38. The van der Waals surface area contributed by atoms with Crippen LogP contribution >= 0.6 is 0 Å². The standard InChI is InChI=1S/C37H50N4O2/c1-10-41(37(9,35(3,4)5)36(6,7)8)19-12-20-43-30-18-17-28(31-29-21-24(2)23-38-33(29)40-32(30)31)25-13-11-14-26(22-25)34(42)39-27-15-16-27/h11,13-14,17-18,21-23,27H,10,12,15-16,19-20H2,1-9H3,(H,38,40)(H,39,42). The maximum atomic E-state index is 12.8. The molecule has 2 heterocycles. The lowest BCUT2D eigenvalue weighted by molar-refractivity contribution is -0.0733. The highest BCUT2D eigenvalue weighted by Crippen LogP contribution is 2.48. The summed E-state index contributed by atoms with van der Waals surface area (Å²) in [5.74, 6) is 0.821. The SMILES string of the molecule is CCN(CCCOc1ccc(-c2cccc(C(=O)NC3CC3)c2)c2c1[nH]c1ncc(C)cc12)C(C)(C(C)(C)C)C(C)(C)C. The second-order valence-corrected chi connectivity index (χ2v) is 14.6. The van der Waals surface area contributed by atoms with Crippen LogP contribution in [-0.2, 0) is 0 Å². The Balaban J connectivity index is 1.43. The van der Waals surface area contributed by atoms with Gasteiger partial charge in [-0.1, -0.05) is 60.6 Å². The molecule has 5 rings (SSSR count). The van der Waals surface area contributed by atoms with Crippen molar-refractivity contribution in [1.29, 1.82) is 0 Å². The first-order valence-electron chi connectivity index (χ1n) is 15.9. The first-order chi connectivity index (χ1) is 20.2. The normalized spacial score (nSPS) is 14.6. The van der Waals surface area contributed by atoms with Crippen LogP contribution in [0.15, 0.2) is 48.7 Å². The molecule has 1 aliphatic rings. The van der Waals surface area contributed by atoms with Crippen LogP contribution in [0.3, 0.4) is 0 Å². The molecule has 1 fully saturated rings. The maximum Gasteiger partial charge on any atom is 0.251 e. The van der Waals surface area contributed by atoms with E-state index in [1.165, 1.54) is 0 Å². The summed E-state index contributed by atoms with van der Waals surface area (Å²) >= 11 is 0. The summed E-state index contributed by atoms with van der Waals surface area (Å²) < 4.78 is 6.51. The van der Waals surface area contributed by atoms with E-state index in [1.807, 2.05) is 24.4 Å². The Bertz CT molecular complexity index is 1600. The Morgan fingerprint density at radius 3 is 2.42 bits per heavy atom. The molecule has 0 aliphatic heterocycles. The number of ether oxygens (including phenoxy) is 1. The van der Waals surface area contributed by atoms with E-state index in [2.05, 4.69) is 102 Å². The number of hydrogen-bond donors (Lipinski definition) is 2. The van der Waals surface area contributed by atoms with Crippen LogP contribution in [-0.4, -0.2) is 52.1 Å². The van der Waals surface area contributed by atoms with Crippen molar-refractivity contribution in [2.24, 2.45) is 10.8 Å². The minimum absolute atomic E-state index is 0.00729. The third-order valence-electron chi connectivity index (χ3n) is 9.82. The summed E-state index contributed by atoms with van der Waals surface area (Å²) in [4.78, 5) is 23.7. The van der Waals surface area contributed by atoms with Gasteiger partial charge in [-0.15, -0.1) is 0 Å². The lowest BCUT2D eigenvalue weighted by Gasteiger charge is -2.57. The summed E-state index contributed by atoms with van der Waals surface area (Å²) in [6.07, 6.45) is 4.95. The minimum Gasteiger partial charge on any atom is -0.491 e. The van der Waals surface area contributed by atoms with Gasteiger partial charge in [-0.2, -0.15) is 0 Å². The van der Waals surface area contributed by atoms with Gasteiger partial charge < -0.3 is 15.0 Å². The molecule has 0 radical (unpaired) electrons. The van der Waals surface area contributed by atoms with Crippen LogP contribution in [0.5, 0.6) is 5.75 Å². The molecule has 1 saturated carbocycles. The average molecular weight is 583 g/mol. The fraction of sp³-hybridized carbons (Fsp3) is 0.514. The molecule has 1 amide bonds. The van der Waals surface area contributed by atoms with Gasteiger partial charge in [0, 0.05) is 40.7 Å². The van der Waals surface area contributed by atoms with E-state index in [1.54, 1.807) is 0 Å². The second kappa shape index (κ2) is 11.6. The number of benzene rings is 2. The number of H-pyrrole nitrogens is 1. The molecule has 0 bridgehead atoms. The zero-order valence-corrected chi connectivity index (χ0v) is 27.6. The number of aromatic nitrogens is 2. The number of amides is 1. The topological polar surface area (TPSA) is 70.2 Å². The number of rotatable bonds is 10. The molecule has 2 aromatic heterocycles. The zero-order chi connectivity index (χ0) is 31.2. The van der Waals surface area contributed by atoms with Gasteiger partial charge in [0.2, 0.25) is 0 Å². The molecule has 43 heavy (non-hydrogen) atoms. The number of hydrogen-bond acceptors (Lipinski definition) is 4. The molecule has 1 aliphatic carbocycles. The fourth-order valence-corrected chi connectivity index (χ4v) is 6.86. The van der Waals surface area contributed by atoms with E-state index in [0.717, 1.165) is 76.7 Å². The number of aromatic amines is 1.